The number of aryl methyl sites for hydroxylation is 2. The Morgan fingerprint density at radius 1 is 0.971 bits per heavy atom. The number of hydrogen-bond donors (Lipinski definition) is 2. The van der Waals surface area contributed by atoms with Gasteiger partial charge in [-0.2, -0.15) is 13.2 Å². The smallest absolute Gasteiger partial charge is 0.416 e. The molecule has 1 aromatic heterocycles. The summed E-state index contributed by atoms with van der Waals surface area (Å²) in [5.41, 5.74) is 4.53. The van der Waals surface area contributed by atoms with Crippen molar-refractivity contribution in [3.8, 4) is 28.3 Å². The number of nitrogens with zero attached hydrogens (tertiary/aromatic N) is 1. The van der Waals surface area contributed by atoms with E-state index in [0.717, 1.165) is 39.9 Å². The summed E-state index contributed by atoms with van der Waals surface area (Å²) in [6.45, 7) is 5.67. The molecule has 180 valence electrons. The summed E-state index contributed by atoms with van der Waals surface area (Å²) in [4.78, 5) is 20.5. The number of anilines is 1. The van der Waals surface area contributed by atoms with Gasteiger partial charge in [-0.15, -0.1) is 0 Å². The molecule has 0 saturated carbocycles. The van der Waals surface area contributed by atoms with Gasteiger partial charge in [-0.1, -0.05) is 30.3 Å². The number of nitrogens with one attached hydrogen (secondary N) is 2. The summed E-state index contributed by atoms with van der Waals surface area (Å²) in [5.74, 6) is 0.590. The van der Waals surface area contributed by atoms with E-state index < -0.39 is 17.6 Å². The lowest BCUT2D eigenvalue weighted by atomic mass is 9.92. The average molecular weight is 480 g/mol. The van der Waals surface area contributed by atoms with Gasteiger partial charge in [0.1, 0.15) is 17.3 Å². The third kappa shape index (κ3) is 4.77. The minimum Gasteiger partial charge on any atom is -0.496 e. The van der Waals surface area contributed by atoms with Crippen LogP contribution in [0, 0.1) is 20.8 Å². The van der Waals surface area contributed by atoms with Crippen molar-refractivity contribution in [1.29, 1.82) is 0 Å². The number of methoxy groups -OCH3 is 1. The Labute approximate surface area is 201 Å². The van der Waals surface area contributed by atoms with Crippen LogP contribution in [0.25, 0.3) is 22.5 Å². The Morgan fingerprint density at radius 3 is 2.40 bits per heavy atom. The van der Waals surface area contributed by atoms with Gasteiger partial charge < -0.3 is 15.0 Å². The first-order valence-electron chi connectivity index (χ1n) is 10.9. The fourth-order valence-corrected chi connectivity index (χ4v) is 4.07. The van der Waals surface area contributed by atoms with E-state index in [-0.39, 0.29) is 11.4 Å². The van der Waals surface area contributed by atoms with Crippen LogP contribution in [-0.2, 0) is 6.18 Å². The monoisotopic (exact) mass is 479 g/mol. The maximum absolute atomic E-state index is 13.0. The van der Waals surface area contributed by atoms with Gasteiger partial charge in [-0.3, -0.25) is 4.79 Å². The van der Waals surface area contributed by atoms with Crippen LogP contribution < -0.4 is 10.1 Å². The van der Waals surface area contributed by atoms with Gasteiger partial charge in [0.05, 0.1) is 12.7 Å². The molecular formula is C27H24F3N3O2. The molecule has 0 unspecified atom stereocenters. The summed E-state index contributed by atoms with van der Waals surface area (Å²) in [6, 6.07) is 16.2. The molecule has 0 saturated heterocycles. The highest BCUT2D eigenvalue weighted by molar-refractivity contribution is 6.04. The first kappa shape index (κ1) is 24.1. The lowest BCUT2D eigenvalue weighted by molar-refractivity contribution is -0.137. The van der Waals surface area contributed by atoms with Gasteiger partial charge in [-0.25, -0.2) is 4.98 Å². The number of amides is 1. The molecule has 2 N–H and O–H groups in total. The Kier molecular flexibility index (Phi) is 6.39. The molecule has 1 heterocycles. The van der Waals surface area contributed by atoms with Crippen LogP contribution in [0.1, 0.15) is 32.9 Å². The second kappa shape index (κ2) is 9.29. The highest BCUT2D eigenvalue weighted by atomic mass is 19.4. The molecule has 0 aliphatic rings. The number of halogens is 3. The van der Waals surface area contributed by atoms with E-state index in [4.69, 9.17) is 4.74 Å². The van der Waals surface area contributed by atoms with Gasteiger partial charge in [0, 0.05) is 22.5 Å². The predicted octanol–water partition coefficient (Wildman–Crippen LogP) is 6.95. The number of imidazole rings is 1. The second-order valence-corrected chi connectivity index (χ2v) is 8.22. The largest absolute Gasteiger partial charge is 0.496 e. The van der Waals surface area contributed by atoms with Crippen molar-refractivity contribution in [2.45, 2.75) is 26.9 Å². The van der Waals surface area contributed by atoms with E-state index in [0.29, 0.717) is 17.3 Å². The standard InChI is InChI=1S/C27H24F3N3O2/c1-15-8-5-6-11-20(15)23-16(2)21(12-13-22(23)35-4)25-31-17(3)24(33-25)26(34)32-19-10-7-9-18(14-19)27(28,29)30/h5-14H,1-4H3,(H,31,33)(H,32,34). The lowest BCUT2D eigenvalue weighted by Crippen LogP contribution is -2.14. The number of hydrogen-bond acceptors (Lipinski definition) is 3. The second-order valence-electron chi connectivity index (χ2n) is 8.22. The number of carbonyl (C=O) groups is 1. The van der Waals surface area contributed by atoms with Gasteiger partial charge >= 0.3 is 6.18 Å². The third-order valence-electron chi connectivity index (χ3n) is 5.86. The third-order valence-corrected chi connectivity index (χ3v) is 5.86. The zero-order chi connectivity index (χ0) is 25.3. The maximum Gasteiger partial charge on any atom is 0.416 e. The number of alkyl halides is 3. The first-order chi connectivity index (χ1) is 16.6. The number of aromatic amines is 1. The number of H-pyrrole nitrogens is 1. The highest BCUT2D eigenvalue weighted by Gasteiger charge is 2.30. The lowest BCUT2D eigenvalue weighted by Gasteiger charge is -2.16. The molecule has 0 spiro atoms. The van der Waals surface area contributed by atoms with Crippen molar-refractivity contribution in [2.75, 3.05) is 12.4 Å². The summed E-state index contributed by atoms with van der Waals surface area (Å²) < 4.78 is 44.7. The Hall–Kier alpha value is -4.07. The van der Waals surface area contributed by atoms with Crippen molar-refractivity contribution >= 4 is 11.6 Å². The van der Waals surface area contributed by atoms with E-state index in [1.165, 1.54) is 12.1 Å². The van der Waals surface area contributed by atoms with Crippen molar-refractivity contribution in [2.24, 2.45) is 0 Å². The molecular weight excluding hydrogens is 455 g/mol. The molecule has 5 nitrogen and oxygen atoms in total. The molecule has 0 radical (unpaired) electrons. The SMILES string of the molecule is COc1ccc(-c2nc(C(=O)Nc3cccc(C(F)(F)F)c3)c(C)[nH]2)c(C)c1-c1ccccc1C. The van der Waals surface area contributed by atoms with Crippen LogP contribution in [0.15, 0.2) is 60.7 Å². The van der Waals surface area contributed by atoms with Crippen molar-refractivity contribution in [1.82, 2.24) is 9.97 Å². The quantitative estimate of drug-likeness (QED) is 0.326. The van der Waals surface area contributed by atoms with E-state index in [1.807, 2.05) is 50.2 Å². The topological polar surface area (TPSA) is 67.0 Å². The van der Waals surface area contributed by atoms with Gasteiger partial charge in [0.25, 0.3) is 5.91 Å². The summed E-state index contributed by atoms with van der Waals surface area (Å²) in [5, 5.41) is 2.51. The number of benzene rings is 3. The van der Waals surface area contributed by atoms with Crippen molar-refractivity contribution in [3.63, 3.8) is 0 Å². The molecule has 0 aliphatic carbocycles. The van der Waals surface area contributed by atoms with E-state index >= 15 is 0 Å². The van der Waals surface area contributed by atoms with Crippen LogP contribution in [0.5, 0.6) is 5.75 Å². The van der Waals surface area contributed by atoms with Crippen LogP contribution in [0.4, 0.5) is 18.9 Å². The van der Waals surface area contributed by atoms with Crippen molar-refractivity contribution < 1.29 is 22.7 Å². The number of aromatic nitrogens is 2. The fourth-order valence-electron chi connectivity index (χ4n) is 4.07. The molecule has 4 rings (SSSR count). The van der Waals surface area contributed by atoms with Crippen LogP contribution in [0.3, 0.4) is 0 Å². The Balaban J connectivity index is 1.70. The Morgan fingerprint density at radius 2 is 1.71 bits per heavy atom. The Bertz CT molecular complexity index is 1410. The molecule has 3 aromatic carbocycles. The molecule has 1 amide bonds. The zero-order valence-corrected chi connectivity index (χ0v) is 19.7. The van der Waals surface area contributed by atoms with Crippen LogP contribution in [-0.4, -0.2) is 23.0 Å². The van der Waals surface area contributed by atoms with Crippen LogP contribution in [0.2, 0.25) is 0 Å². The molecule has 35 heavy (non-hydrogen) atoms. The molecule has 4 aromatic rings. The van der Waals surface area contributed by atoms with E-state index in [2.05, 4.69) is 15.3 Å². The van der Waals surface area contributed by atoms with Gasteiger partial charge in [0.2, 0.25) is 0 Å². The van der Waals surface area contributed by atoms with E-state index in [1.54, 1.807) is 14.0 Å². The minimum atomic E-state index is -4.50. The van der Waals surface area contributed by atoms with E-state index in [9.17, 15) is 18.0 Å². The van der Waals surface area contributed by atoms with Gasteiger partial charge in [0.15, 0.2) is 0 Å². The number of ether oxygens (including phenoxy) is 1. The minimum absolute atomic E-state index is 0.0382. The summed E-state index contributed by atoms with van der Waals surface area (Å²) in [7, 11) is 1.61. The highest BCUT2D eigenvalue weighted by Crippen LogP contribution is 2.39. The molecule has 8 heteroatoms. The average Bonchev–Trinajstić information content (AvgIpc) is 3.20. The molecule has 0 bridgehead atoms. The number of rotatable bonds is 5. The molecule has 0 aliphatic heterocycles. The summed E-state index contributed by atoms with van der Waals surface area (Å²) >= 11 is 0. The number of carbonyl (C=O) groups excluding carboxylic acids is 1. The summed E-state index contributed by atoms with van der Waals surface area (Å²) in [6.07, 6.45) is -4.50. The maximum atomic E-state index is 13.0. The first-order valence-corrected chi connectivity index (χ1v) is 10.9. The predicted molar refractivity (Wildman–Crippen MR) is 130 cm³/mol. The normalized spacial score (nSPS) is 11.4. The fraction of sp³-hybridized carbons (Fsp3) is 0.185. The van der Waals surface area contributed by atoms with Crippen LogP contribution >= 0.6 is 0 Å². The van der Waals surface area contributed by atoms with Crippen molar-refractivity contribution in [3.05, 3.63) is 88.7 Å². The molecule has 0 atom stereocenters. The zero-order valence-electron chi connectivity index (χ0n) is 19.7. The van der Waals surface area contributed by atoms with Gasteiger partial charge in [-0.05, 0) is 67.8 Å². The molecule has 0 fully saturated rings.